The van der Waals surface area contributed by atoms with Gasteiger partial charge in [-0.05, 0) is 36.8 Å². The second-order valence-corrected chi connectivity index (χ2v) is 6.09. The van der Waals surface area contributed by atoms with E-state index in [1.807, 2.05) is 6.07 Å². The summed E-state index contributed by atoms with van der Waals surface area (Å²) in [5.41, 5.74) is 5.54. The number of carbonyl (C=O) groups is 2. The van der Waals surface area contributed by atoms with Gasteiger partial charge in [-0.15, -0.1) is 0 Å². The molecule has 1 aliphatic heterocycles. The minimum absolute atomic E-state index is 0.123. The van der Waals surface area contributed by atoms with Gasteiger partial charge in [-0.3, -0.25) is 20.4 Å². The van der Waals surface area contributed by atoms with Crippen LogP contribution in [0.25, 0.3) is 0 Å². The number of fused-ring (bicyclic) bond motifs is 1. The number of para-hydroxylation sites is 2. The van der Waals surface area contributed by atoms with Gasteiger partial charge in [-0.2, -0.15) is 0 Å². The van der Waals surface area contributed by atoms with E-state index in [0.717, 1.165) is 5.56 Å². The van der Waals surface area contributed by atoms with Crippen LogP contribution in [0, 0.1) is 0 Å². The van der Waals surface area contributed by atoms with Crippen molar-refractivity contribution in [2.24, 2.45) is 0 Å². The molecule has 2 atom stereocenters. The molecule has 1 heterocycles. The molecule has 0 saturated heterocycles. The minimum Gasteiger partial charge on any atom is -0.482 e. The van der Waals surface area contributed by atoms with E-state index < -0.39 is 18.1 Å². The van der Waals surface area contributed by atoms with Crippen LogP contribution in [0.3, 0.4) is 0 Å². The summed E-state index contributed by atoms with van der Waals surface area (Å²) in [5, 5.41) is 0.598. The average Bonchev–Trinajstić information content (AvgIpc) is 2.61. The first-order valence-corrected chi connectivity index (χ1v) is 8.16. The molecular formula is C18H17ClN2O4. The Kier molecular flexibility index (Phi) is 5.09. The van der Waals surface area contributed by atoms with Crippen molar-refractivity contribution in [2.75, 3.05) is 0 Å². The summed E-state index contributed by atoms with van der Waals surface area (Å²) in [5.74, 6) is 0.256. The van der Waals surface area contributed by atoms with E-state index in [1.165, 1.54) is 0 Å². The van der Waals surface area contributed by atoms with E-state index in [0.29, 0.717) is 16.5 Å². The molecule has 0 radical (unpaired) electrons. The molecule has 2 unspecified atom stereocenters. The first-order valence-electron chi connectivity index (χ1n) is 7.78. The number of hydrogen-bond acceptors (Lipinski definition) is 4. The number of amides is 2. The van der Waals surface area contributed by atoms with E-state index in [9.17, 15) is 9.59 Å². The van der Waals surface area contributed by atoms with Crippen molar-refractivity contribution in [3.05, 3.63) is 59.1 Å². The van der Waals surface area contributed by atoms with E-state index in [2.05, 4.69) is 10.9 Å². The van der Waals surface area contributed by atoms with Gasteiger partial charge in [0.05, 0.1) is 6.42 Å². The highest BCUT2D eigenvalue weighted by Gasteiger charge is 2.34. The number of carbonyl (C=O) groups excluding carboxylic acids is 2. The lowest BCUT2D eigenvalue weighted by atomic mass is 10.1. The van der Waals surface area contributed by atoms with Crippen molar-refractivity contribution in [3.8, 4) is 11.5 Å². The van der Waals surface area contributed by atoms with Crippen LogP contribution in [-0.2, 0) is 16.0 Å². The van der Waals surface area contributed by atoms with Gasteiger partial charge in [-0.25, -0.2) is 0 Å². The number of hydrazine groups is 1. The SMILES string of the molecule is CC1Oc2ccccc2OC1C(=O)NNC(=O)Cc1ccc(Cl)cc1. The van der Waals surface area contributed by atoms with Crippen LogP contribution >= 0.6 is 11.6 Å². The van der Waals surface area contributed by atoms with Crippen molar-refractivity contribution in [1.29, 1.82) is 0 Å². The molecule has 0 fully saturated rings. The summed E-state index contributed by atoms with van der Waals surface area (Å²) in [6.07, 6.45) is -1.22. The van der Waals surface area contributed by atoms with Crippen molar-refractivity contribution in [1.82, 2.24) is 10.9 Å². The monoisotopic (exact) mass is 360 g/mol. The summed E-state index contributed by atoms with van der Waals surface area (Å²) in [6.45, 7) is 1.73. The molecule has 2 N–H and O–H groups in total. The van der Waals surface area contributed by atoms with Gasteiger partial charge in [0.25, 0.3) is 5.91 Å². The topological polar surface area (TPSA) is 76.7 Å². The highest BCUT2D eigenvalue weighted by molar-refractivity contribution is 6.30. The zero-order valence-electron chi connectivity index (χ0n) is 13.5. The van der Waals surface area contributed by atoms with Gasteiger partial charge in [0, 0.05) is 5.02 Å². The lowest BCUT2D eigenvalue weighted by molar-refractivity contribution is -0.137. The van der Waals surface area contributed by atoms with E-state index in [1.54, 1.807) is 49.4 Å². The molecule has 2 aromatic rings. The average molecular weight is 361 g/mol. The molecule has 2 aromatic carbocycles. The van der Waals surface area contributed by atoms with Crippen LogP contribution in [-0.4, -0.2) is 24.0 Å². The number of benzene rings is 2. The zero-order valence-corrected chi connectivity index (χ0v) is 14.2. The molecule has 6 nitrogen and oxygen atoms in total. The van der Waals surface area contributed by atoms with Crippen LogP contribution < -0.4 is 20.3 Å². The molecule has 0 spiro atoms. The van der Waals surface area contributed by atoms with Crippen LogP contribution in [0.4, 0.5) is 0 Å². The lowest BCUT2D eigenvalue weighted by Crippen LogP contribution is -2.54. The molecule has 2 amide bonds. The molecule has 0 saturated carbocycles. The second-order valence-electron chi connectivity index (χ2n) is 5.65. The van der Waals surface area contributed by atoms with Crippen molar-refractivity contribution in [3.63, 3.8) is 0 Å². The Morgan fingerprint density at radius 1 is 1.00 bits per heavy atom. The summed E-state index contributed by atoms with van der Waals surface area (Å²) >= 11 is 5.80. The number of hydrogen-bond donors (Lipinski definition) is 2. The number of nitrogens with one attached hydrogen (secondary N) is 2. The maximum Gasteiger partial charge on any atom is 0.283 e. The third-order valence-corrected chi connectivity index (χ3v) is 3.96. The summed E-state index contributed by atoms with van der Waals surface area (Å²) in [7, 11) is 0. The van der Waals surface area contributed by atoms with Crippen molar-refractivity contribution < 1.29 is 19.1 Å². The molecule has 0 aliphatic carbocycles. The Bertz CT molecular complexity index is 779. The van der Waals surface area contributed by atoms with E-state index >= 15 is 0 Å². The van der Waals surface area contributed by atoms with Crippen LogP contribution in [0.2, 0.25) is 5.02 Å². The molecular weight excluding hydrogens is 344 g/mol. The van der Waals surface area contributed by atoms with Gasteiger partial charge < -0.3 is 9.47 Å². The molecule has 7 heteroatoms. The zero-order chi connectivity index (χ0) is 17.8. The van der Waals surface area contributed by atoms with Crippen molar-refractivity contribution in [2.45, 2.75) is 25.6 Å². The summed E-state index contributed by atoms with van der Waals surface area (Å²) in [6, 6.07) is 14.0. The van der Waals surface area contributed by atoms with Crippen LogP contribution in [0.15, 0.2) is 48.5 Å². The number of ether oxygens (including phenoxy) is 2. The first kappa shape index (κ1) is 17.1. The van der Waals surface area contributed by atoms with E-state index in [-0.39, 0.29) is 12.3 Å². The maximum atomic E-state index is 12.3. The standard InChI is InChI=1S/C18H17ClN2O4/c1-11-17(25-15-5-3-2-4-14(15)24-11)18(23)21-20-16(22)10-12-6-8-13(19)9-7-12/h2-9,11,17H,10H2,1H3,(H,20,22)(H,21,23). The molecule has 3 rings (SSSR count). The normalized spacial score (nSPS) is 18.3. The largest absolute Gasteiger partial charge is 0.482 e. The third kappa shape index (κ3) is 4.22. The quantitative estimate of drug-likeness (QED) is 0.823. The molecule has 0 bridgehead atoms. The fourth-order valence-corrected chi connectivity index (χ4v) is 2.57. The molecule has 0 aromatic heterocycles. The van der Waals surface area contributed by atoms with Crippen LogP contribution in [0.5, 0.6) is 11.5 Å². The Labute approximate surface area is 150 Å². The highest BCUT2D eigenvalue weighted by atomic mass is 35.5. The Balaban J connectivity index is 1.54. The Morgan fingerprint density at radius 3 is 2.32 bits per heavy atom. The smallest absolute Gasteiger partial charge is 0.283 e. The Hall–Kier alpha value is -2.73. The minimum atomic E-state index is -0.856. The predicted molar refractivity (Wildman–Crippen MR) is 92.4 cm³/mol. The molecule has 130 valence electrons. The van der Waals surface area contributed by atoms with Crippen molar-refractivity contribution >= 4 is 23.4 Å². The maximum absolute atomic E-state index is 12.3. The summed E-state index contributed by atoms with van der Waals surface area (Å²) < 4.78 is 11.3. The van der Waals surface area contributed by atoms with Gasteiger partial charge in [-0.1, -0.05) is 35.9 Å². The third-order valence-electron chi connectivity index (χ3n) is 3.70. The second kappa shape index (κ2) is 7.44. The van der Waals surface area contributed by atoms with Gasteiger partial charge in [0.15, 0.2) is 11.5 Å². The predicted octanol–water partition coefficient (Wildman–Crippen LogP) is 2.26. The number of rotatable bonds is 3. The highest BCUT2D eigenvalue weighted by Crippen LogP contribution is 2.33. The Morgan fingerprint density at radius 2 is 1.64 bits per heavy atom. The fourth-order valence-electron chi connectivity index (χ4n) is 2.44. The summed E-state index contributed by atoms with van der Waals surface area (Å²) in [4.78, 5) is 24.2. The first-order chi connectivity index (χ1) is 12.0. The fraction of sp³-hybridized carbons (Fsp3) is 0.222. The molecule has 1 aliphatic rings. The van der Waals surface area contributed by atoms with Crippen LogP contribution in [0.1, 0.15) is 12.5 Å². The van der Waals surface area contributed by atoms with E-state index in [4.69, 9.17) is 21.1 Å². The number of halogens is 1. The van der Waals surface area contributed by atoms with Gasteiger partial charge in [0.2, 0.25) is 12.0 Å². The molecule has 25 heavy (non-hydrogen) atoms. The lowest BCUT2D eigenvalue weighted by Gasteiger charge is -2.30. The van der Waals surface area contributed by atoms with Gasteiger partial charge in [0.1, 0.15) is 6.10 Å². The van der Waals surface area contributed by atoms with Gasteiger partial charge >= 0.3 is 0 Å².